The van der Waals surface area contributed by atoms with Gasteiger partial charge in [-0.05, 0) is 0 Å². The Kier molecular flexibility index (Phi) is 4.23. The molecule has 0 aromatic rings. The first kappa shape index (κ1) is 16.0. The van der Waals surface area contributed by atoms with E-state index in [1.54, 1.807) is 0 Å². The molecule has 12 nitrogen and oxygen atoms in total. The Balaban J connectivity index is 3.78. The van der Waals surface area contributed by atoms with Crippen molar-refractivity contribution in [2.45, 2.75) is 5.60 Å². The minimum Gasteiger partial charge on any atom is -0.466 e. The molecule has 0 unspecified atom stereocenters. The standard InChI is InChI=1S/C9H9N3O9/c1-20-8(13)9(21-2)6(11(16)17)3-5(10(14)15)4-7(9)12(18)19/h3-4H,1-2H3,(H,14,15). The van der Waals surface area contributed by atoms with Crippen LogP contribution < -0.4 is 0 Å². The topological polar surface area (TPSA) is 168 Å². The fraction of sp³-hybridized carbons (Fsp3) is 0.333. The number of nitro groups is 2. The van der Waals surface area contributed by atoms with Crippen molar-refractivity contribution in [3.05, 3.63) is 49.0 Å². The summed E-state index contributed by atoms with van der Waals surface area (Å²) in [6.45, 7) is 0. The number of rotatable bonds is 4. The van der Waals surface area contributed by atoms with Gasteiger partial charge in [-0.3, -0.25) is 25.4 Å². The molecule has 0 saturated heterocycles. The van der Waals surface area contributed by atoms with Crippen LogP contribution in [0.15, 0.2) is 23.5 Å². The van der Waals surface area contributed by atoms with Gasteiger partial charge in [0.05, 0.1) is 29.1 Å². The summed E-state index contributed by atoms with van der Waals surface area (Å²) in [5, 5.41) is 41.7. The maximum atomic E-state index is 11.8. The Hall–Kier alpha value is -3.02. The highest BCUT2D eigenvalue weighted by molar-refractivity contribution is 6.05. The monoisotopic (exact) mass is 303 g/mol. The number of hydrogen-bond acceptors (Lipinski definition) is 9. The number of hydrogen-bond donors (Lipinski definition) is 1. The van der Waals surface area contributed by atoms with Gasteiger partial charge in [0.25, 0.3) is 5.71 Å². The molecule has 0 aliphatic heterocycles. The Morgan fingerprint density at radius 3 is 1.81 bits per heavy atom. The average Bonchev–Trinajstić information content (AvgIpc) is 2.44. The van der Waals surface area contributed by atoms with E-state index in [0.29, 0.717) is 12.2 Å². The first-order valence-corrected chi connectivity index (χ1v) is 5.12. The van der Waals surface area contributed by atoms with Gasteiger partial charge in [0.2, 0.25) is 0 Å². The Morgan fingerprint density at radius 2 is 1.57 bits per heavy atom. The third-order valence-electron chi connectivity index (χ3n) is 2.68. The molecule has 1 N–H and O–H groups in total. The van der Waals surface area contributed by atoms with Crippen molar-refractivity contribution in [3.8, 4) is 0 Å². The number of ether oxygens (including phenoxy) is 2. The molecule has 0 fully saturated rings. The van der Waals surface area contributed by atoms with Crippen LogP contribution in [0, 0.1) is 25.4 Å². The maximum Gasteiger partial charge on any atom is 0.361 e. The first-order chi connectivity index (χ1) is 9.72. The lowest BCUT2D eigenvalue weighted by Gasteiger charge is -2.24. The molecule has 1 rings (SSSR count). The maximum absolute atomic E-state index is 11.8. The van der Waals surface area contributed by atoms with Gasteiger partial charge in [-0.1, -0.05) is 0 Å². The van der Waals surface area contributed by atoms with Crippen molar-refractivity contribution in [1.29, 1.82) is 0 Å². The Bertz CT molecular complexity index is 566. The van der Waals surface area contributed by atoms with Crippen molar-refractivity contribution >= 4 is 11.7 Å². The van der Waals surface area contributed by atoms with E-state index in [2.05, 4.69) is 4.74 Å². The van der Waals surface area contributed by atoms with Gasteiger partial charge in [-0.15, -0.1) is 0 Å². The zero-order valence-corrected chi connectivity index (χ0v) is 10.7. The SMILES string of the molecule is COC(=O)C1(OC)C([N+](=O)[O-])=CC(=[N+]([O-])O)C=C1[N+](=O)[O-]. The quantitative estimate of drug-likeness (QED) is 0.230. The molecule has 1 aliphatic carbocycles. The summed E-state index contributed by atoms with van der Waals surface area (Å²) in [5.74, 6) is -1.43. The molecule has 0 heterocycles. The largest absolute Gasteiger partial charge is 0.466 e. The first-order valence-electron chi connectivity index (χ1n) is 5.12. The van der Waals surface area contributed by atoms with Gasteiger partial charge in [0, 0.05) is 12.0 Å². The molecular weight excluding hydrogens is 294 g/mol. The summed E-state index contributed by atoms with van der Waals surface area (Å²) in [5.41, 5.74) is -5.86. The van der Waals surface area contributed by atoms with Crippen LogP contribution >= 0.6 is 0 Å². The summed E-state index contributed by atoms with van der Waals surface area (Å²) < 4.78 is 9.02. The molecule has 0 aromatic heterocycles. The highest BCUT2D eigenvalue weighted by atomic mass is 16.8. The number of esters is 1. The van der Waals surface area contributed by atoms with Crippen LogP contribution in [0.5, 0.6) is 0 Å². The molecule has 0 amide bonds. The lowest BCUT2D eigenvalue weighted by molar-refractivity contribution is -0.725. The minimum absolute atomic E-state index is 0.473. The third kappa shape index (κ3) is 2.38. The number of carbonyl (C=O) groups excluding carboxylic acids is 1. The molecule has 114 valence electrons. The van der Waals surface area contributed by atoms with Crippen molar-refractivity contribution in [2.75, 3.05) is 14.2 Å². The zero-order valence-electron chi connectivity index (χ0n) is 10.7. The summed E-state index contributed by atoms with van der Waals surface area (Å²) in [6, 6.07) is 0. The van der Waals surface area contributed by atoms with Gasteiger partial charge < -0.3 is 14.7 Å². The molecule has 0 spiro atoms. The van der Waals surface area contributed by atoms with Crippen LogP contribution in [0.4, 0.5) is 0 Å². The van der Waals surface area contributed by atoms with E-state index >= 15 is 0 Å². The van der Waals surface area contributed by atoms with Crippen molar-refractivity contribution in [2.24, 2.45) is 0 Å². The number of carbonyl (C=O) groups is 1. The van der Waals surface area contributed by atoms with E-state index in [4.69, 9.17) is 9.94 Å². The average molecular weight is 303 g/mol. The van der Waals surface area contributed by atoms with Gasteiger partial charge in [0.1, 0.15) is 0 Å². The molecule has 12 heteroatoms. The van der Waals surface area contributed by atoms with Crippen LogP contribution in [0.25, 0.3) is 0 Å². The molecule has 0 bridgehead atoms. The van der Waals surface area contributed by atoms with Crippen molar-refractivity contribution in [3.63, 3.8) is 0 Å². The lowest BCUT2D eigenvalue weighted by atomic mass is 9.89. The number of methoxy groups -OCH3 is 2. The smallest absolute Gasteiger partial charge is 0.361 e. The number of allylic oxidation sites excluding steroid dienone is 2. The second kappa shape index (κ2) is 5.54. The van der Waals surface area contributed by atoms with Crippen LogP contribution in [0.2, 0.25) is 0 Å². The molecule has 0 atom stereocenters. The summed E-state index contributed by atoms with van der Waals surface area (Å²) in [6.07, 6.45) is 0.945. The molecule has 0 aromatic carbocycles. The molecule has 21 heavy (non-hydrogen) atoms. The predicted octanol–water partition coefficient (Wildman–Crippen LogP) is -0.780. The molecule has 1 aliphatic rings. The normalized spacial score (nSPS) is 21.1. The minimum atomic E-state index is -2.76. The Labute approximate surface area is 116 Å². The fourth-order valence-electron chi connectivity index (χ4n) is 1.77. The molecular formula is C9H9N3O9. The highest BCUT2D eigenvalue weighted by Gasteiger charge is 2.64. The van der Waals surface area contributed by atoms with Crippen molar-refractivity contribution < 1.29 is 34.2 Å². The van der Waals surface area contributed by atoms with E-state index in [9.17, 15) is 30.2 Å². The van der Waals surface area contributed by atoms with Crippen LogP contribution in [0.3, 0.4) is 0 Å². The second-order valence-corrected chi connectivity index (χ2v) is 3.65. The predicted molar refractivity (Wildman–Crippen MR) is 62.3 cm³/mol. The zero-order chi connectivity index (χ0) is 16.4. The van der Waals surface area contributed by atoms with Crippen molar-refractivity contribution in [1.82, 2.24) is 0 Å². The van der Waals surface area contributed by atoms with Crippen LogP contribution in [0.1, 0.15) is 0 Å². The van der Waals surface area contributed by atoms with E-state index in [0.717, 1.165) is 14.2 Å². The molecule has 0 radical (unpaired) electrons. The van der Waals surface area contributed by atoms with Gasteiger partial charge in [-0.25, -0.2) is 4.79 Å². The van der Waals surface area contributed by atoms with Crippen LogP contribution in [-0.2, 0) is 14.3 Å². The molecule has 0 saturated carbocycles. The lowest BCUT2D eigenvalue weighted by Crippen LogP contribution is -2.51. The fourth-order valence-corrected chi connectivity index (χ4v) is 1.77. The van der Waals surface area contributed by atoms with E-state index < -0.39 is 43.4 Å². The summed E-state index contributed by atoms with van der Waals surface area (Å²) >= 11 is 0. The van der Waals surface area contributed by atoms with Gasteiger partial charge in [-0.2, -0.15) is 0 Å². The van der Waals surface area contributed by atoms with E-state index in [-0.39, 0.29) is 0 Å². The third-order valence-corrected chi connectivity index (χ3v) is 2.68. The summed E-state index contributed by atoms with van der Waals surface area (Å²) in [7, 11) is 1.67. The second-order valence-electron chi connectivity index (χ2n) is 3.65. The van der Waals surface area contributed by atoms with Gasteiger partial charge in [0.15, 0.2) is 0 Å². The number of nitrogens with zero attached hydrogens (tertiary/aromatic N) is 3. The highest BCUT2D eigenvalue weighted by Crippen LogP contribution is 2.35. The summed E-state index contributed by atoms with van der Waals surface area (Å²) in [4.78, 5) is 30.8. The van der Waals surface area contributed by atoms with Crippen LogP contribution in [-0.4, -0.2) is 51.5 Å². The van der Waals surface area contributed by atoms with E-state index in [1.165, 1.54) is 0 Å². The van der Waals surface area contributed by atoms with E-state index in [1.807, 2.05) is 0 Å². The van der Waals surface area contributed by atoms with Gasteiger partial charge >= 0.3 is 23.0 Å². The Morgan fingerprint density at radius 1 is 1.14 bits per heavy atom.